The molecule has 0 unspecified atom stereocenters. The van der Waals surface area contributed by atoms with Crippen molar-refractivity contribution in [3.8, 4) is 0 Å². The number of carbonyl (C=O) groups excluding carboxylic acids is 1. The van der Waals surface area contributed by atoms with E-state index in [1.54, 1.807) is 25.1 Å². The number of ether oxygens (including phenoxy) is 1. The molecule has 0 saturated heterocycles. The fourth-order valence-corrected chi connectivity index (χ4v) is 5.44. The molecule has 0 spiro atoms. The van der Waals surface area contributed by atoms with E-state index in [0.29, 0.717) is 10.2 Å². The Kier molecular flexibility index (Phi) is 5.89. The first-order valence-electron chi connectivity index (χ1n) is 8.29. The van der Waals surface area contributed by atoms with Crippen LogP contribution in [0.2, 0.25) is 0 Å². The molecule has 0 aliphatic carbocycles. The van der Waals surface area contributed by atoms with Crippen LogP contribution in [0.5, 0.6) is 0 Å². The SMILES string of the molecule is CCOC(=O)Cn1c(=NS(=O)(=O)c2ccccc2)sc2cc(S(N)(=O)=O)ccc21. The summed E-state index contributed by atoms with van der Waals surface area (Å²) in [7, 11) is -8.00. The molecular weight excluding hydrogens is 438 g/mol. The predicted molar refractivity (Wildman–Crippen MR) is 107 cm³/mol. The zero-order chi connectivity index (χ0) is 21.2. The van der Waals surface area contributed by atoms with E-state index in [9.17, 15) is 21.6 Å². The third-order valence-corrected chi connectivity index (χ3v) is 7.16. The third-order valence-electron chi connectivity index (χ3n) is 3.81. The summed E-state index contributed by atoms with van der Waals surface area (Å²) in [6.07, 6.45) is 0. The lowest BCUT2D eigenvalue weighted by atomic mass is 10.3. The van der Waals surface area contributed by atoms with Crippen LogP contribution < -0.4 is 9.94 Å². The van der Waals surface area contributed by atoms with Crippen molar-refractivity contribution in [3.63, 3.8) is 0 Å². The second-order valence-electron chi connectivity index (χ2n) is 5.83. The van der Waals surface area contributed by atoms with Crippen LogP contribution >= 0.6 is 11.3 Å². The Morgan fingerprint density at radius 2 is 1.79 bits per heavy atom. The van der Waals surface area contributed by atoms with Gasteiger partial charge < -0.3 is 9.30 Å². The molecule has 0 aliphatic heterocycles. The molecule has 3 aromatic rings. The second kappa shape index (κ2) is 8.06. The Hall–Kier alpha value is -2.54. The molecular formula is C17H17N3O6S3. The number of rotatable bonds is 6. The molecule has 0 bridgehead atoms. The van der Waals surface area contributed by atoms with Gasteiger partial charge in [-0.25, -0.2) is 13.6 Å². The highest BCUT2D eigenvalue weighted by Crippen LogP contribution is 2.22. The standard InChI is InChI=1S/C17H17N3O6S3/c1-2-26-16(21)11-20-14-9-8-13(28(18,22)23)10-15(14)27-17(20)19-29(24,25)12-6-4-3-5-7-12/h3-10H,2,11H2,1H3,(H2,18,22,23). The Labute approximate surface area is 171 Å². The molecule has 154 valence electrons. The Bertz CT molecular complexity index is 1340. The van der Waals surface area contributed by atoms with Gasteiger partial charge in [0.25, 0.3) is 10.0 Å². The van der Waals surface area contributed by atoms with Crippen molar-refractivity contribution in [3.05, 3.63) is 53.3 Å². The molecule has 0 fully saturated rings. The van der Waals surface area contributed by atoms with Gasteiger partial charge in [-0.15, -0.1) is 4.40 Å². The number of esters is 1. The number of benzene rings is 2. The molecule has 12 heteroatoms. The number of carbonyl (C=O) groups is 1. The molecule has 29 heavy (non-hydrogen) atoms. The normalized spacial score (nSPS) is 13.0. The second-order valence-corrected chi connectivity index (χ2v) is 10.0. The van der Waals surface area contributed by atoms with Gasteiger partial charge >= 0.3 is 5.97 Å². The molecule has 2 aromatic carbocycles. The summed E-state index contributed by atoms with van der Waals surface area (Å²) >= 11 is 0.925. The highest BCUT2D eigenvalue weighted by Gasteiger charge is 2.18. The number of nitrogens with two attached hydrogens (primary N) is 1. The van der Waals surface area contributed by atoms with Crippen molar-refractivity contribution >= 4 is 47.6 Å². The van der Waals surface area contributed by atoms with E-state index in [-0.39, 0.29) is 27.7 Å². The van der Waals surface area contributed by atoms with Crippen molar-refractivity contribution in [1.82, 2.24) is 4.57 Å². The first kappa shape index (κ1) is 21.2. The molecule has 0 amide bonds. The molecule has 2 N–H and O–H groups in total. The molecule has 0 saturated carbocycles. The number of aromatic nitrogens is 1. The zero-order valence-electron chi connectivity index (χ0n) is 15.2. The Morgan fingerprint density at radius 1 is 1.10 bits per heavy atom. The van der Waals surface area contributed by atoms with Crippen molar-refractivity contribution in [2.75, 3.05) is 6.61 Å². The lowest BCUT2D eigenvalue weighted by molar-refractivity contribution is -0.143. The molecule has 1 aromatic heterocycles. The monoisotopic (exact) mass is 455 g/mol. The first-order chi connectivity index (χ1) is 13.6. The van der Waals surface area contributed by atoms with E-state index in [0.717, 1.165) is 11.3 Å². The van der Waals surface area contributed by atoms with Gasteiger partial charge in [0.2, 0.25) is 14.8 Å². The minimum absolute atomic E-state index is 0.00322. The summed E-state index contributed by atoms with van der Waals surface area (Å²) < 4.78 is 59.2. The largest absolute Gasteiger partial charge is 0.465 e. The van der Waals surface area contributed by atoms with Crippen LogP contribution in [0.1, 0.15) is 6.92 Å². The minimum Gasteiger partial charge on any atom is -0.465 e. The summed E-state index contributed by atoms with van der Waals surface area (Å²) in [6.45, 7) is 1.52. The lowest BCUT2D eigenvalue weighted by Crippen LogP contribution is -2.23. The summed E-state index contributed by atoms with van der Waals surface area (Å²) in [6, 6.07) is 11.7. The topological polar surface area (TPSA) is 138 Å². The van der Waals surface area contributed by atoms with Crippen LogP contribution in [0, 0.1) is 0 Å². The predicted octanol–water partition coefficient (Wildman–Crippen LogP) is 1.20. The highest BCUT2D eigenvalue weighted by atomic mass is 32.2. The lowest BCUT2D eigenvalue weighted by Gasteiger charge is -2.06. The van der Waals surface area contributed by atoms with E-state index < -0.39 is 26.0 Å². The average Bonchev–Trinajstić information content (AvgIpc) is 2.97. The summed E-state index contributed by atoms with van der Waals surface area (Å²) in [5, 5.41) is 5.17. The number of primary sulfonamides is 1. The van der Waals surface area contributed by atoms with E-state index >= 15 is 0 Å². The van der Waals surface area contributed by atoms with Gasteiger partial charge in [0.05, 0.1) is 26.6 Å². The van der Waals surface area contributed by atoms with Crippen molar-refractivity contribution < 1.29 is 26.4 Å². The number of fused-ring (bicyclic) bond motifs is 1. The van der Waals surface area contributed by atoms with Gasteiger partial charge in [-0.2, -0.15) is 8.42 Å². The van der Waals surface area contributed by atoms with Crippen LogP contribution in [-0.2, 0) is 36.1 Å². The van der Waals surface area contributed by atoms with Gasteiger partial charge in [0.1, 0.15) is 6.54 Å². The fraction of sp³-hybridized carbons (Fsp3) is 0.176. The van der Waals surface area contributed by atoms with E-state index in [4.69, 9.17) is 9.88 Å². The Balaban J connectivity index is 2.25. The molecule has 0 atom stereocenters. The molecule has 9 nitrogen and oxygen atoms in total. The molecule has 1 heterocycles. The maximum absolute atomic E-state index is 12.7. The van der Waals surface area contributed by atoms with Crippen LogP contribution in [0.25, 0.3) is 10.2 Å². The smallest absolute Gasteiger partial charge is 0.326 e. The zero-order valence-corrected chi connectivity index (χ0v) is 17.6. The van der Waals surface area contributed by atoms with Crippen LogP contribution in [-0.4, -0.2) is 34.0 Å². The van der Waals surface area contributed by atoms with E-state index in [2.05, 4.69) is 4.40 Å². The van der Waals surface area contributed by atoms with Crippen LogP contribution in [0.3, 0.4) is 0 Å². The summed E-state index contributed by atoms with van der Waals surface area (Å²) in [5.74, 6) is -0.582. The first-order valence-corrected chi connectivity index (χ1v) is 12.1. The number of nitrogens with zero attached hydrogens (tertiary/aromatic N) is 2. The van der Waals surface area contributed by atoms with Crippen LogP contribution in [0.4, 0.5) is 0 Å². The van der Waals surface area contributed by atoms with Gasteiger partial charge in [0.15, 0.2) is 0 Å². The maximum Gasteiger partial charge on any atom is 0.326 e. The summed E-state index contributed by atoms with van der Waals surface area (Å²) in [5.41, 5.74) is 0.428. The van der Waals surface area contributed by atoms with Crippen molar-refractivity contribution in [2.45, 2.75) is 23.3 Å². The van der Waals surface area contributed by atoms with Gasteiger partial charge in [-0.1, -0.05) is 29.5 Å². The minimum atomic E-state index is -4.05. The fourth-order valence-electron chi connectivity index (χ4n) is 2.54. The van der Waals surface area contributed by atoms with Crippen molar-refractivity contribution in [1.29, 1.82) is 0 Å². The quantitative estimate of drug-likeness (QED) is 0.554. The van der Waals surface area contributed by atoms with E-state index in [1.807, 2.05) is 0 Å². The molecule has 0 radical (unpaired) electrons. The average molecular weight is 456 g/mol. The number of thiazole rings is 1. The van der Waals surface area contributed by atoms with E-state index in [1.165, 1.54) is 34.9 Å². The number of sulfonamides is 2. The van der Waals surface area contributed by atoms with Crippen LogP contribution in [0.15, 0.2) is 62.7 Å². The van der Waals surface area contributed by atoms with Gasteiger partial charge in [-0.05, 0) is 37.3 Å². The van der Waals surface area contributed by atoms with Gasteiger partial charge in [-0.3, -0.25) is 4.79 Å². The molecule has 3 rings (SSSR count). The van der Waals surface area contributed by atoms with Crippen molar-refractivity contribution in [2.24, 2.45) is 9.54 Å². The van der Waals surface area contributed by atoms with Gasteiger partial charge in [0, 0.05) is 0 Å². The maximum atomic E-state index is 12.7. The summed E-state index contributed by atoms with van der Waals surface area (Å²) in [4.78, 5) is 11.9. The number of hydrogen-bond donors (Lipinski definition) is 1. The third kappa shape index (κ3) is 4.72. The highest BCUT2D eigenvalue weighted by molar-refractivity contribution is 7.90. The number of hydrogen-bond acceptors (Lipinski definition) is 7. The Morgan fingerprint density at radius 3 is 2.41 bits per heavy atom. The molecule has 0 aliphatic rings.